The first-order chi connectivity index (χ1) is 8.29. The van der Waals surface area contributed by atoms with Gasteiger partial charge in [-0.05, 0) is 6.42 Å². The normalized spacial score (nSPS) is 11.7. The Bertz CT molecular complexity index is 301. The highest BCUT2D eigenvalue weighted by atomic mass is 28.4. The highest BCUT2D eigenvalue weighted by molar-refractivity contribution is 6.75. The molecule has 0 bridgehead atoms. The Morgan fingerprint density at radius 3 is 2.24 bits per heavy atom. The fraction of sp³-hybridized carbons (Fsp3) is 0.500. The van der Waals surface area contributed by atoms with Crippen molar-refractivity contribution in [1.82, 2.24) is 0 Å². The van der Waals surface area contributed by atoms with Crippen molar-refractivity contribution >= 4 is 14.0 Å². The quantitative estimate of drug-likeness (QED) is 0.401. The lowest BCUT2D eigenvalue weighted by atomic mass is 10.4. The van der Waals surface area contributed by atoms with Crippen molar-refractivity contribution < 1.29 is 18.0 Å². The van der Waals surface area contributed by atoms with E-state index in [4.69, 9.17) is 18.0 Å². The standard InChI is InChI=1S/C12H20O4Si/c1-4-10-15-11-16-17(13-2,14-3)12-8-6-5-7-9-12/h5-9H,4,10-11H2,1-3H3. The smallest absolute Gasteiger partial charge is 0.373 e. The van der Waals surface area contributed by atoms with E-state index in [0.29, 0.717) is 6.61 Å². The summed E-state index contributed by atoms with van der Waals surface area (Å²) in [6.45, 7) is 2.91. The third kappa shape index (κ3) is 3.90. The van der Waals surface area contributed by atoms with Crippen molar-refractivity contribution in [2.75, 3.05) is 27.6 Å². The van der Waals surface area contributed by atoms with Gasteiger partial charge in [0.15, 0.2) is 0 Å². The monoisotopic (exact) mass is 256 g/mol. The van der Waals surface area contributed by atoms with E-state index in [2.05, 4.69) is 6.92 Å². The molecule has 0 atom stereocenters. The van der Waals surface area contributed by atoms with E-state index in [-0.39, 0.29) is 6.79 Å². The Morgan fingerprint density at radius 2 is 1.71 bits per heavy atom. The summed E-state index contributed by atoms with van der Waals surface area (Å²) in [6.07, 6.45) is 0.962. The number of hydrogen-bond acceptors (Lipinski definition) is 4. The Balaban J connectivity index is 2.68. The second-order valence-electron chi connectivity index (χ2n) is 3.50. The SMILES string of the molecule is CCCOCO[Si](OC)(OC)c1ccccc1. The van der Waals surface area contributed by atoms with Gasteiger partial charge in [-0.2, -0.15) is 0 Å². The third-order valence-electron chi connectivity index (χ3n) is 2.35. The Labute approximate surface area is 104 Å². The zero-order valence-electron chi connectivity index (χ0n) is 10.6. The number of benzene rings is 1. The van der Waals surface area contributed by atoms with Gasteiger partial charge < -0.3 is 18.0 Å². The van der Waals surface area contributed by atoms with E-state index in [1.807, 2.05) is 30.3 Å². The van der Waals surface area contributed by atoms with E-state index in [1.54, 1.807) is 14.2 Å². The topological polar surface area (TPSA) is 36.9 Å². The van der Waals surface area contributed by atoms with Crippen molar-refractivity contribution in [2.24, 2.45) is 0 Å². The van der Waals surface area contributed by atoms with Gasteiger partial charge in [-0.1, -0.05) is 37.3 Å². The maximum atomic E-state index is 5.69. The predicted molar refractivity (Wildman–Crippen MR) is 68.0 cm³/mol. The Hall–Kier alpha value is -0.723. The van der Waals surface area contributed by atoms with Crippen molar-refractivity contribution in [3.63, 3.8) is 0 Å². The van der Waals surface area contributed by atoms with E-state index >= 15 is 0 Å². The molecular weight excluding hydrogens is 236 g/mol. The van der Waals surface area contributed by atoms with Crippen LogP contribution >= 0.6 is 0 Å². The highest BCUT2D eigenvalue weighted by Crippen LogP contribution is 2.08. The lowest BCUT2D eigenvalue weighted by Gasteiger charge is -2.26. The number of hydrogen-bond donors (Lipinski definition) is 0. The van der Waals surface area contributed by atoms with Crippen molar-refractivity contribution in [1.29, 1.82) is 0 Å². The maximum Gasteiger partial charge on any atom is 0.538 e. The van der Waals surface area contributed by atoms with Crippen LogP contribution in [-0.2, 0) is 18.0 Å². The van der Waals surface area contributed by atoms with Crippen LogP contribution in [0.5, 0.6) is 0 Å². The molecule has 0 heterocycles. The number of ether oxygens (including phenoxy) is 1. The molecule has 0 amide bonds. The van der Waals surface area contributed by atoms with Crippen LogP contribution in [0.15, 0.2) is 30.3 Å². The molecule has 5 heteroatoms. The summed E-state index contributed by atoms with van der Waals surface area (Å²) in [5.74, 6) is 0. The molecule has 96 valence electrons. The van der Waals surface area contributed by atoms with Crippen LogP contribution in [0, 0.1) is 0 Å². The zero-order chi connectivity index (χ0) is 12.6. The molecule has 0 aromatic heterocycles. The zero-order valence-corrected chi connectivity index (χ0v) is 11.6. The molecule has 0 saturated heterocycles. The minimum Gasteiger partial charge on any atom is -0.373 e. The first-order valence-electron chi connectivity index (χ1n) is 5.66. The summed E-state index contributed by atoms with van der Waals surface area (Å²) in [4.78, 5) is 0. The molecule has 1 rings (SSSR count). The summed E-state index contributed by atoms with van der Waals surface area (Å²) in [5, 5.41) is 0.935. The van der Waals surface area contributed by atoms with Crippen LogP contribution in [0.3, 0.4) is 0 Å². The molecular formula is C12H20O4Si. The predicted octanol–water partition coefficient (Wildman–Crippen LogP) is 1.53. The van der Waals surface area contributed by atoms with Crippen LogP contribution in [0.4, 0.5) is 0 Å². The van der Waals surface area contributed by atoms with Crippen molar-refractivity contribution in [2.45, 2.75) is 13.3 Å². The molecule has 0 fully saturated rings. The molecule has 1 aromatic carbocycles. The molecule has 1 aromatic rings. The lowest BCUT2D eigenvalue weighted by molar-refractivity contribution is -0.0268. The number of rotatable bonds is 8. The second kappa shape index (κ2) is 7.57. The van der Waals surface area contributed by atoms with Crippen LogP contribution < -0.4 is 5.19 Å². The highest BCUT2D eigenvalue weighted by Gasteiger charge is 2.41. The van der Waals surface area contributed by atoms with E-state index in [1.165, 1.54) is 0 Å². The molecule has 0 spiro atoms. The fourth-order valence-electron chi connectivity index (χ4n) is 1.49. The van der Waals surface area contributed by atoms with Gasteiger partial charge >= 0.3 is 8.80 Å². The van der Waals surface area contributed by atoms with E-state index in [0.717, 1.165) is 11.6 Å². The summed E-state index contributed by atoms with van der Waals surface area (Å²) in [5.41, 5.74) is 0. The molecule has 0 aliphatic rings. The Morgan fingerprint density at radius 1 is 1.06 bits per heavy atom. The summed E-state index contributed by atoms with van der Waals surface area (Å²) >= 11 is 0. The fourth-order valence-corrected chi connectivity index (χ4v) is 3.36. The summed E-state index contributed by atoms with van der Waals surface area (Å²) < 4.78 is 21.9. The van der Waals surface area contributed by atoms with Gasteiger partial charge in [-0.3, -0.25) is 0 Å². The first-order valence-corrected chi connectivity index (χ1v) is 7.39. The third-order valence-corrected chi connectivity index (χ3v) is 4.96. The minimum absolute atomic E-state index is 0.191. The second-order valence-corrected chi connectivity index (χ2v) is 6.30. The van der Waals surface area contributed by atoms with Gasteiger partial charge in [-0.15, -0.1) is 0 Å². The van der Waals surface area contributed by atoms with Gasteiger partial charge in [0.25, 0.3) is 0 Å². The minimum atomic E-state index is -2.79. The van der Waals surface area contributed by atoms with E-state index < -0.39 is 8.80 Å². The summed E-state index contributed by atoms with van der Waals surface area (Å²) in [7, 11) is 0.405. The van der Waals surface area contributed by atoms with Gasteiger partial charge in [0, 0.05) is 26.0 Å². The molecule has 0 aliphatic carbocycles. The molecule has 0 N–H and O–H groups in total. The molecule has 0 radical (unpaired) electrons. The molecule has 4 nitrogen and oxygen atoms in total. The van der Waals surface area contributed by atoms with Gasteiger partial charge in [0.05, 0.1) is 0 Å². The summed E-state index contributed by atoms with van der Waals surface area (Å²) in [6, 6.07) is 9.70. The maximum absolute atomic E-state index is 5.69. The lowest BCUT2D eigenvalue weighted by Crippen LogP contribution is -2.55. The molecule has 17 heavy (non-hydrogen) atoms. The van der Waals surface area contributed by atoms with E-state index in [9.17, 15) is 0 Å². The van der Waals surface area contributed by atoms with Crippen LogP contribution in [-0.4, -0.2) is 36.4 Å². The van der Waals surface area contributed by atoms with Crippen LogP contribution in [0.2, 0.25) is 0 Å². The Kier molecular flexibility index (Phi) is 6.39. The van der Waals surface area contributed by atoms with Gasteiger partial charge in [0.2, 0.25) is 0 Å². The molecule has 0 aliphatic heterocycles. The average molecular weight is 256 g/mol. The molecule has 0 saturated carbocycles. The average Bonchev–Trinajstić information content (AvgIpc) is 2.41. The first kappa shape index (κ1) is 14.3. The van der Waals surface area contributed by atoms with Gasteiger partial charge in [-0.25, -0.2) is 0 Å². The van der Waals surface area contributed by atoms with Crippen LogP contribution in [0.1, 0.15) is 13.3 Å². The largest absolute Gasteiger partial charge is 0.538 e. The van der Waals surface area contributed by atoms with Crippen molar-refractivity contribution in [3.8, 4) is 0 Å². The molecule has 0 unspecified atom stereocenters. The van der Waals surface area contributed by atoms with Gasteiger partial charge in [0.1, 0.15) is 6.79 Å². The van der Waals surface area contributed by atoms with Crippen LogP contribution in [0.25, 0.3) is 0 Å². The van der Waals surface area contributed by atoms with Crippen molar-refractivity contribution in [3.05, 3.63) is 30.3 Å².